The maximum Gasteiger partial charge on any atom is 0.250 e. The monoisotopic (exact) mass is 337 g/mol. The van der Waals surface area contributed by atoms with E-state index in [4.69, 9.17) is 0 Å². The van der Waals surface area contributed by atoms with Crippen LogP contribution in [-0.2, 0) is 16.6 Å². The van der Waals surface area contributed by atoms with E-state index >= 15 is 0 Å². The van der Waals surface area contributed by atoms with E-state index in [0.29, 0.717) is 15.7 Å². The predicted octanol–water partition coefficient (Wildman–Crippen LogP) is 1.59. The fourth-order valence-corrected chi connectivity index (χ4v) is 4.48. The molecule has 3 aromatic heterocycles. The lowest BCUT2D eigenvalue weighted by Gasteiger charge is -2.03. The lowest BCUT2D eigenvalue weighted by molar-refractivity contribution is 0.580. The number of nitrogens with one attached hydrogen (secondary N) is 1. The lowest BCUT2D eigenvalue weighted by atomic mass is 10.3. The SMILES string of the molecule is Cc1ccc2nnc(CNS(=O)(=O)c3cc(C)c(C)s3)n2n1. The summed E-state index contributed by atoms with van der Waals surface area (Å²) in [4.78, 5) is 0.991. The van der Waals surface area contributed by atoms with Crippen molar-refractivity contribution in [3.63, 3.8) is 0 Å². The van der Waals surface area contributed by atoms with Crippen molar-refractivity contribution in [3.05, 3.63) is 40.2 Å². The zero-order chi connectivity index (χ0) is 15.9. The van der Waals surface area contributed by atoms with E-state index in [1.807, 2.05) is 26.8 Å². The van der Waals surface area contributed by atoms with Crippen LogP contribution in [0.25, 0.3) is 5.65 Å². The van der Waals surface area contributed by atoms with E-state index in [1.54, 1.807) is 16.6 Å². The van der Waals surface area contributed by atoms with Crippen molar-refractivity contribution in [3.8, 4) is 0 Å². The van der Waals surface area contributed by atoms with E-state index in [-0.39, 0.29) is 6.54 Å². The van der Waals surface area contributed by atoms with Crippen LogP contribution < -0.4 is 4.72 Å². The highest BCUT2D eigenvalue weighted by Gasteiger charge is 2.19. The van der Waals surface area contributed by atoms with Crippen molar-refractivity contribution in [2.45, 2.75) is 31.5 Å². The fraction of sp³-hybridized carbons (Fsp3) is 0.308. The first-order valence-corrected chi connectivity index (χ1v) is 8.91. The first-order valence-electron chi connectivity index (χ1n) is 6.61. The van der Waals surface area contributed by atoms with Gasteiger partial charge in [0.25, 0.3) is 0 Å². The topological polar surface area (TPSA) is 89.2 Å². The van der Waals surface area contributed by atoms with Crippen LogP contribution in [0.4, 0.5) is 0 Å². The molecule has 3 rings (SSSR count). The molecule has 0 radical (unpaired) electrons. The first-order chi connectivity index (χ1) is 10.4. The summed E-state index contributed by atoms with van der Waals surface area (Å²) in [5.41, 5.74) is 2.36. The van der Waals surface area contributed by atoms with E-state index in [9.17, 15) is 8.42 Å². The molecule has 0 spiro atoms. The molecule has 0 saturated carbocycles. The van der Waals surface area contributed by atoms with Crippen molar-refractivity contribution < 1.29 is 8.42 Å². The molecule has 0 unspecified atom stereocenters. The summed E-state index contributed by atoms with van der Waals surface area (Å²) in [5, 5.41) is 12.2. The second-order valence-corrected chi connectivity index (χ2v) is 8.24. The molecule has 0 atom stereocenters. The molecule has 22 heavy (non-hydrogen) atoms. The van der Waals surface area contributed by atoms with Crippen LogP contribution in [0.3, 0.4) is 0 Å². The molecule has 0 aliphatic heterocycles. The second-order valence-electron chi connectivity index (χ2n) is 4.99. The minimum Gasteiger partial charge on any atom is -0.206 e. The van der Waals surface area contributed by atoms with Gasteiger partial charge >= 0.3 is 0 Å². The Labute approximate surface area is 132 Å². The highest BCUT2D eigenvalue weighted by Crippen LogP contribution is 2.24. The highest BCUT2D eigenvalue weighted by atomic mass is 32.2. The number of nitrogens with zero attached hydrogens (tertiary/aromatic N) is 4. The fourth-order valence-electron chi connectivity index (χ4n) is 1.94. The smallest absolute Gasteiger partial charge is 0.206 e. The van der Waals surface area contributed by atoms with E-state index in [0.717, 1.165) is 16.1 Å². The van der Waals surface area contributed by atoms with Gasteiger partial charge in [-0.3, -0.25) is 0 Å². The van der Waals surface area contributed by atoms with Gasteiger partial charge in [-0.25, -0.2) is 13.1 Å². The molecule has 0 aliphatic carbocycles. The Bertz CT molecular complexity index is 923. The number of aromatic nitrogens is 4. The number of fused-ring (bicyclic) bond motifs is 1. The van der Waals surface area contributed by atoms with Gasteiger partial charge in [-0.15, -0.1) is 21.5 Å². The Morgan fingerprint density at radius 2 is 2.00 bits per heavy atom. The number of thiophene rings is 1. The Morgan fingerprint density at radius 1 is 1.23 bits per heavy atom. The highest BCUT2D eigenvalue weighted by molar-refractivity contribution is 7.91. The van der Waals surface area contributed by atoms with Crippen molar-refractivity contribution in [1.82, 2.24) is 24.5 Å². The molecule has 116 valence electrons. The van der Waals surface area contributed by atoms with Crippen molar-refractivity contribution in [2.75, 3.05) is 0 Å². The molecule has 7 nitrogen and oxygen atoms in total. The van der Waals surface area contributed by atoms with Gasteiger partial charge in [0, 0.05) is 4.88 Å². The average Bonchev–Trinajstić information content (AvgIpc) is 3.01. The summed E-state index contributed by atoms with van der Waals surface area (Å²) in [6, 6.07) is 5.29. The quantitative estimate of drug-likeness (QED) is 0.781. The van der Waals surface area contributed by atoms with Gasteiger partial charge in [0.2, 0.25) is 10.0 Å². The molecule has 0 aromatic carbocycles. The molecule has 0 amide bonds. The summed E-state index contributed by atoms with van der Waals surface area (Å²) in [7, 11) is -3.56. The van der Waals surface area contributed by atoms with Gasteiger partial charge in [0.15, 0.2) is 11.5 Å². The van der Waals surface area contributed by atoms with Crippen molar-refractivity contribution in [1.29, 1.82) is 0 Å². The Morgan fingerprint density at radius 3 is 2.68 bits per heavy atom. The number of hydrogen-bond acceptors (Lipinski definition) is 6. The number of aryl methyl sites for hydroxylation is 3. The zero-order valence-corrected chi connectivity index (χ0v) is 14.0. The molecule has 1 N–H and O–H groups in total. The van der Waals surface area contributed by atoms with Crippen LogP contribution in [0.2, 0.25) is 0 Å². The normalized spacial score (nSPS) is 12.1. The molecule has 3 aromatic rings. The molecule has 3 heterocycles. The Kier molecular flexibility index (Phi) is 3.71. The number of rotatable bonds is 4. The van der Waals surface area contributed by atoms with Crippen molar-refractivity contribution >= 4 is 27.0 Å². The minimum absolute atomic E-state index is 0.0376. The average molecular weight is 337 g/mol. The Hall–Kier alpha value is -1.84. The molecule has 0 aliphatic rings. The summed E-state index contributed by atoms with van der Waals surface area (Å²) in [6.07, 6.45) is 0. The molecular weight excluding hydrogens is 322 g/mol. The largest absolute Gasteiger partial charge is 0.250 e. The molecule has 0 bridgehead atoms. The van der Waals surface area contributed by atoms with Crippen LogP contribution in [-0.4, -0.2) is 28.2 Å². The predicted molar refractivity (Wildman–Crippen MR) is 83.3 cm³/mol. The van der Waals surface area contributed by atoms with Crippen molar-refractivity contribution in [2.24, 2.45) is 0 Å². The van der Waals surface area contributed by atoms with Gasteiger partial charge in [0.05, 0.1) is 12.2 Å². The first kappa shape index (κ1) is 15.1. The van der Waals surface area contributed by atoms with E-state index in [1.165, 1.54) is 11.3 Å². The third-order valence-electron chi connectivity index (χ3n) is 3.29. The number of sulfonamides is 1. The van der Waals surface area contributed by atoms with Gasteiger partial charge in [-0.1, -0.05) is 0 Å². The van der Waals surface area contributed by atoms with Gasteiger partial charge < -0.3 is 0 Å². The maximum atomic E-state index is 12.3. The molecule has 0 saturated heterocycles. The summed E-state index contributed by atoms with van der Waals surface area (Å²) >= 11 is 1.26. The zero-order valence-electron chi connectivity index (χ0n) is 12.4. The van der Waals surface area contributed by atoms with Crippen LogP contribution >= 0.6 is 11.3 Å². The summed E-state index contributed by atoms with van der Waals surface area (Å²) < 4.78 is 29.0. The maximum absolute atomic E-state index is 12.3. The molecular formula is C13H15N5O2S2. The van der Waals surface area contributed by atoms with Crippen LogP contribution in [0.1, 0.15) is 22.0 Å². The van der Waals surface area contributed by atoms with E-state index < -0.39 is 10.0 Å². The van der Waals surface area contributed by atoms with Gasteiger partial charge in [0.1, 0.15) is 4.21 Å². The van der Waals surface area contributed by atoms with Crippen LogP contribution in [0.5, 0.6) is 0 Å². The van der Waals surface area contributed by atoms with Crippen LogP contribution in [0.15, 0.2) is 22.4 Å². The van der Waals surface area contributed by atoms with Gasteiger partial charge in [-0.2, -0.15) is 9.61 Å². The lowest BCUT2D eigenvalue weighted by Crippen LogP contribution is -2.24. The Balaban J connectivity index is 1.85. The van der Waals surface area contributed by atoms with Gasteiger partial charge in [-0.05, 0) is 44.5 Å². The molecule has 9 heteroatoms. The number of hydrogen-bond donors (Lipinski definition) is 1. The third kappa shape index (κ3) is 2.74. The van der Waals surface area contributed by atoms with Crippen LogP contribution in [0, 0.1) is 20.8 Å². The summed E-state index contributed by atoms with van der Waals surface area (Å²) in [5.74, 6) is 0.451. The second kappa shape index (κ2) is 5.41. The minimum atomic E-state index is -3.56. The third-order valence-corrected chi connectivity index (χ3v) is 6.32. The summed E-state index contributed by atoms with van der Waals surface area (Å²) in [6.45, 7) is 5.68. The van der Waals surface area contributed by atoms with E-state index in [2.05, 4.69) is 20.0 Å². The standard InChI is InChI=1S/C13H15N5O2S2/c1-8-6-13(21-10(8)3)22(19,20)14-7-12-16-15-11-5-4-9(2)17-18(11)12/h4-6,14H,7H2,1-3H3. The molecule has 0 fully saturated rings.